The fraction of sp³-hybridized carbons (Fsp3) is 0.176. The molecule has 0 spiro atoms. The molecule has 0 saturated heterocycles. The number of aromatic nitrogens is 2. The third kappa shape index (κ3) is 1.78. The molecule has 1 aromatic carbocycles. The summed E-state index contributed by atoms with van der Waals surface area (Å²) in [6, 6.07) is 14.4. The van der Waals surface area contributed by atoms with Crippen LogP contribution in [0.15, 0.2) is 36.4 Å². The zero-order valence-electron chi connectivity index (χ0n) is 11.8. The van der Waals surface area contributed by atoms with Crippen molar-refractivity contribution in [2.45, 2.75) is 20.8 Å². The van der Waals surface area contributed by atoms with E-state index in [1.54, 1.807) is 0 Å². The molecule has 0 atom stereocenters. The Bertz CT molecular complexity index is 851. The third-order valence-corrected chi connectivity index (χ3v) is 3.58. The largest absolute Gasteiger partial charge is 0.288 e. The van der Waals surface area contributed by atoms with Crippen molar-refractivity contribution in [1.82, 2.24) is 9.38 Å². The van der Waals surface area contributed by atoms with Crippen molar-refractivity contribution in [2.24, 2.45) is 0 Å². The van der Waals surface area contributed by atoms with Crippen molar-refractivity contribution in [3.05, 3.63) is 58.9 Å². The standard InChI is InChI=1S/C17H15N3/c1-11-7-8-14(12(2)9-11)17-15(10-18)20-13(3)5-4-6-16(20)19-17/h4-9H,1-3H3. The van der Waals surface area contributed by atoms with Crippen LogP contribution in [-0.4, -0.2) is 9.38 Å². The number of nitrogens with zero attached hydrogens (tertiary/aromatic N) is 3. The highest BCUT2D eigenvalue weighted by molar-refractivity contribution is 5.72. The quantitative estimate of drug-likeness (QED) is 0.668. The Hall–Kier alpha value is -2.60. The Kier molecular flexibility index (Phi) is 2.80. The first-order valence-electron chi connectivity index (χ1n) is 6.57. The van der Waals surface area contributed by atoms with E-state index in [0.29, 0.717) is 5.69 Å². The van der Waals surface area contributed by atoms with E-state index in [-0.39, 0.29) is 0 Å². The molecule has 2 aromatic heterocycles. The lowest BCUT2D eigenvalue weighted by Gasteiger charge is -2.04. The van der Waals surface area contributed by atoms with Crippen LogP contribution in [0.2, 0.25) is 0 Å². The average molecular weight is 261 g/mol. The fourth-order valence-corrected chi connectivity index (χ4v) is 2.62. The van der Waals surface area contributed by atoms with Gasteiger partial charge in [0.25, 0.3) is 0 Å². The van der Waals surface area contributed by atoms with Gasteiger partial charge in [0, 0.05) is 11.3 Å². The maximum atomic E-state index is 9.53. The van der Waals surface area contributed by atoms with Crippen LogP contribution in [0.5, 0.6) is 0 Å². The minimum atomic E-state index is 0.602. The Balaban J connectivity index is 2.37. The summed E-state index contributed by atoms with van der Waals surface area (Å²) in [5.41, 5.74) is 6.57. The molecule has 0 aliphatic heterocycles. The van der Waals surface area contributed by atoms with Gasteiger partial charge in [-0.2, -0.15) is 5.26 Å². The number of nitriles is 1. The smallest absolute Gasteiger partial charge is 0.152 e. The van der Waals surface area contributed by atoms with Gasteiger partial charge in [-0.15, -0.1) is 0 Å². The first-order chi connectivity index (χ1) is 9.61. The van der Waals surface area contributed by atoms with E-state index >= 15 is 0 Å². The van der Waals surface area contributed by atoms with Gasteiger partial charge in [-0.3, -0.25) is 4.40 Å². The zero-order valence-corrected chi connectivity index (χ0v) is 11.8. The molecule has 0 aliphatic carbocycles. The number of benzene rings is 1. The maximum Gasteiger partial charge on any atom is 0.152 e. The second-order valence-electron chi connectivity index (χ2n) is 5.10. The lowest BCUT2D eigenvalue weighted by atomic mass is 10.0. The van der Waals surface area contributed by atoms with Gasteiger partial charge in [0.1, 0.15) is 17.4 Å². The van der Waals surface area contributed by atoms with Gasteiger partial charge in [-0.25, -0.2) is 4.98 Å². The van der Waals surface area contributed by atoms with E-state index in [0.717, 1.165) is 28.2 Å². The summed E-state index contributed by atoms with van der Waals surface area (Å²) in [5.74, 6) is 0. The van der Waals surface area contributed by atoms with Gasteiger partial charge >= 0.3 is 0 Å². The van der Waals surface area contributed by atoms with Crippen molar-refractivity contribution < 1.29 is 0 Å². The molecular weight excluding hydrogens is 246 g/mol. The molecule has 2 heterocycles. The van der Waals surface area contributed by atoms with E-state index in [1.165, 1.54) is 5.56 Å². The number of hydrogen-bond acceptors (Lipinski definition) is 2. The minimum absolute atomic E-state index is 0.602. The highest BCUT2D eigenvalue weighted by atomic mass is 15.0. The third-order valence-electron chi connectivity index (χ3n) is 3.58. The molecule has 98 valence electrons. The summed E-state index contributed by atoms with van der Waals surface area (Å²) in [5, 5.41) is 9.53. The van der Waals surface area contributed by atoms with Crippen LogP contribution in [-0.2, 0) is 0 Å². The van der Waals surface area contributed by atoms with Crippen molar-refractivity contribution in [3.63, 3.8) is 0 Å². The molecule has 3 aromatic rings. The molecule has 0 aliphatic rings. The second-order valence-corrected chi connectivity index (χ2v) is 5.10. The molecule has 3 rings (SSSR count). The van der Waals surface area contributed by atoms with Gasteiger partial charge in [0.05, 0.1) is 0 Å². The lowest BCUT2D eigenvalue weighted by Crippen LogP contribution is -1.94. The number of rotatable bonds is 1. The summed E-state index contributed by atoms with van der Waals surface area (Å²) in [4.78, 5) is 4.65. The van der Waals surface area contributed by atoms with Crippen LogP contribution >= 0.6 is 0 Å². The SMILES string of the molecule is Cc1ccc(-c2nc3cccc(C)n3c2C#N)c(C)c1. The van der Waals surface area contributed by atoms with Crippen LogP contribution in [0, 0.1) is 32.1 Å². The summed E-state index contributed by atoms with van der Waals surface area (Å²) in [6.45, 7) is 6.11. The summed E-state index contributed by atoms with van der Waals surface area (Å²) in [7, 11) is 0. The number of aryl methyl sites for hydroxylation is 3. The molecule has 0 saturated carbocycles. The average Bonchev–Trinajstić information content (AvgIpc) is 2.78. The van der Waals surface area contributed by atoms with Crippen LogP contribution < -0.4 is 0 Å². The number of hydrogen-bond donors (Lipinski definition) is 0. The molecule has 0 bridgehead atoms. The van der Waals surface area contributed by atoms with E-state index in [1.807, 2.05) is 35.6 Å². The molecule has 0 amide bonds. The lowest BCUT2D eigenvalue weighted by molar-refractivity contribution is 1.07. The molecule has 3 nitrogen and oxygen atoms in total. The van der Waals surface area contributed by atoms with Crippen LogP contribution in [0.1, 0.15) is 22.5 Å². The van der Waals surface area contributed by atoms with Crippen molar-refractivity contribution in [1.29, 1.82) is 5.26 Å². The molecule has 0 unspecified atom stereocenters. The predicted octanol–water partition coefficient (Wildman–Crippen LogP) is 3.80. The highest BCUT2D eigenvalue weighted by Crippen LogP contribution is 2.28. The van der Waals surface area contributed by atoms with Gasteiger partial charge in [0.15, 0.2) is 5.69 Å². The van der Waals surface area contributed by atoms with Crippen LogP contribution in [0.25, 0.3) is 16.9 Å². The normalized spacial score (nSPS) is 10.7. The van der Waals surface area contributed by atoms with Crippen molar-refractivity contribution >= 4 is 5.65 Å². The molecule has 0 N–H and O–H groups in total. The van der Waals surface area contributed by atoms with E-state index in [4.69, 9.17) is 0 Å². The Morgan fingerprint density at radius 1 is 1.10 bits per heavy atom. The summed E-state index contributed by atoms with van der Waals surface area (Å²) in [6.07, 6.45) is 0. The number of imidazole rings is 1. The molecular formula is C17H15N3. The van der Waals surface area contributed by atoms with Crippen LogP contribution in [0.4, 0.5) is 0 Å². The highest BCUT2D eigenvalue weighted by Gasteiger charge is 2.16. The van der Waals surface area contributed by atoms with E-state index in [2.05, 4.69) is 37.0 Å². The van der Waals surface area contributed by atoms with Gasteiger partial charge in [-0.1, -0.05) is 29.8 Å². The second kappa shape index (κ2) is 4.50. The van der Waals surface area contributed by atoms with Crippen molar-refractivity contribution in [2.75, 3.05) is 0 Å². The molecule has 0 fully saturated rings. The molecule has 3 heteroatoms. The zero-order chi connectivity index (χ0) is 14.3. The van der Waals surface area contributed by atoms with Crippen molar-refractivity contribution in [3.8, 4) is 17.3 Å². The van der Waals surface area contributed by atoms with Gasteiger partial charge in [0.2, 0.25) is 0 Å². The maximum absolute atomic E-state index is 9.53. The number of fused-ring (bicyclic) bond motifs is 1. The summed E-state index contributed by atoms with van der Waals surface area (Å²) < 4.78 is 1.91. The van der Waals surface area contributed by atoms with Crippen LogP contribution in [0.3, 0.4) is 0 Å². The first-order valence-corrected chi connectivity index (χ1v) is 6.57. The Morgan fingerprint density at radius 3 is 2.60 bits per heavy atom. The Morgan fingerprint density at radius 2 is 1.90 bits per heavy atom. The van der Waals surface area contributed by atoms with E-state index < -0.39 is 0 Å². The first kappa shape index (κ1) is 12.4. The topological polar surface area (TPSA) is 41.1 Å². The Labute approximate surface area is 118 Å². The monoisotopic (exact) mass is 261 g/mol. The minimum Gasteiger partial charge on any atom is -0.288 e. The molecule has 0 radical (unpaired) electrons. The van der Waals surface area contributed by atoms with Gasteiger partial charge < -0.3 is 0 Å². The van der Waals surface area contributed by atoms with Gasteiger partial charge in [-0.05, 0) is 38.5 Å². The number of pyridine rings is 1. The van der Waals surface area contributed by atoms with E-state index in [9.17, 15) is 5.26 Å². The fourth-order valence-electron chi connectivity index (χ4n) is 2.62. The predicted molar refractivity (Wildman–Crippen MR) is 79.6 cm³/mol. The molecule has 20 heavy (non-hydrogen) atoms. The summed E-state index contributed by atoms with van der Waals surface area (Å²) >= 11 is 0.